The Morgan fingerprint density at radius 3 is 2.09 bits per heavy atom. The first-order valence-corrected chi connectivity index (χ1v) is 11.1. The van der Waals surface area contributed by atoms with Gasteiger partial charge in [-0.15, -0.1) is 0 Å². The Kier molecular flexibility index (Phi) is 6.44. The summed E-state index contributed by atoms with van der Waals surface area (Å²) >= 11 is 7.41. The summed E-state index contributed by atoms with van der Waals surface area (Å²) < 4.78 is 0. The summed E-state index contributed by atoms with van der Waals surface area (Å²) in [7, 11) is 0. The van der Waals surface area contributed by atoms with Crippen LogP contribution in [0.5, 0.6) is 0 Å². The van der Waals surface area contributed by atoms with E-state index in [4.69, 9.17) is 22.3 Å². The van der Waals surface area contributed by atoms with Gasteiger partial charge in [0.05, 0.1) is 0 Å². The maximum absolute atomic E-state index is 12.9. The molecule has 3 aromatic carbocycles. The molecule has 160 valence electrons. The highest BCUT2D eigenvalue weighted by molar-refractivity contribution is 7.99. The second-order valence-corrected chi connectivity index (χ2v) is 8.85. The number of anilines is 2. The summed E-state index contributed by atoms with van der Waals surface area (Å²) in [5.41, 5.74) is 10.3. The Bertz CT molecular complexity index is 1260. The molecule has 0 radical (unpaired) electrons. The number of nitrogens with zero attached hydrogens (tertiary/aromatic N) is 2. The molecular formula is C25H21ClN4OS. The molecule has 1 amide bonds. The maximum Gasteiger partial charge on any atom is 0.255 e. The molecule has 0 spiro atoms. The predicted molar refractivity (Wildman–Crippen MR) is 131 cm³/mol. The van der Waals surface area contributed by atoms with Crippen molar-refractivity contribution in [3.05, 3.63) is 94.5 Å². The number of rotatable bonds is 5. The van der Waals surface area contributed by atoms with E-state index in [9.17, 15) is 4.79 Å². The number of carbonyl (C=O) groups excluding carboxylic acids is 1. The fraction of sp³-hybridized carbons (Fsp3) is 0.0800. The largest absolute Gasteiger partial charge is 0.382 e. The average Bonchev–Trinajstić information content (AvgIpc) is 2.78. The van der Waals surface area contributed by atoms with E-state index in [1.807, 2.05) is 62.4 Å². The van der Waals surface area contributed by atoms with Crippen LogP contribution >= 0.6 is 23.4 Å². The molecule has 0 aliphatic heterocycles. The molecule has 0 bridgehead atoms. The van der Waals surface area contributed by atoms with Crippen LogP contribution in [0.3, 0.4) is 0 Å². The van der Waals surface area contributed by atoms with Gasteiger partial charge in [0.15, 0.2) is 11.6 Å². The molecule has 0 aliphatic rings. The molecule has 1 aromatic heterocycles. The highest BCUT2D eigenvalue weighted by Gasteiger charge is 2.18. The highest BCUT2D eigenvalue weighted by atomic mass is 35.5. The molecule has 4 rings (SSSR count). The van der Waals surface area contributed by atoms with Crippen molar-refractivity contribution in [1.29, 1.82) is 0 Å². The summed E-state index contributed by atoms with van der Waals surface area (Å²) in [5, 5.41) is 4.09. The van der Waals surface area contributed by atoms with Crippen molar-refractivity contribution < 1.29 is 4.79 Å². The van der Waals surface area contributed by atoms with Crippen LogP contribution in [-0.2, 0) is 0 Å². The summed E-state index contributed by atoms with van der Waals surface area (Å²) in [6.45, 7) is 3.99. The number of amides is 1. The zero-order valence-electron chi connectivity index (χ0n) is 17.6. The van der Waals surface area contributed by atoms with Crippen molar-refractivity contribution in [3.63, 3.8) is 0 Å². The highest BCUT2D eigenvalue weighted by Crippen LogP contribution is 2.37. The lowest BCUT2D eigenvalue weighted by molar-refractivity contribution is 0.102. The first-order valence-electron chi connectivity index (χ1n) is 9.95. The van der Waals surface area contributed by atoms with Crippen molar-refractivity contribution in [3.8, 4) is 11.4 Å². The summed E-state index contributed by atoms with van der Waals surface area (Å²) in [5.74, 6) is 0.418. The van der Waals surface area contributed by atoms with Gasteiger partial charge in [-0.05, 0) is 50.2 Å². The zero-order valence-corrected chi connectivity index (χ0v) is 19.2. The Labute approximate surface area is 196 Å². The van der Waals surface area contributed by atoms with Gasteiger partial charge >= 0.3 is 0 Å². The molecule has 0 saturated carbocycles. The Morgan fingerprint density at radius 2 is 1.47 bits per heavy atom. The number of carbonyl (C=O) groups is 1. The van der Waals surface area contributed by atoms with Gasteiger partial charge < -0.3 is 11.1 Å². The lowest BCUT2D eigenvalue weighted by atomic mass is 10.1. The van der Waals surface area contributed by atoms with E-state index >= 15 is 0 Å². The number of nitrogen functional groups attached to an aromatic ring is 1. The Morgan fingerprint density at radius 1 is 0.875 bits per heavy atom. The van der Waals surface area contributed by atoms with E-state index in [2.05, 4.69) is 10.3 Å². The number of hydrogen-bond acceptors (Lipinski definition) is 5. The van der Waals surface area contributed by atoms with Crippen molar-refractivity contribution in [2.24, 2.45) is 0 Å². The van der Waals surface area contributed by atoms with Crippen molar-refractivity contribution >= 4 is 40.8 Å². The van der Waals surface area contributed by atoms with Crippen LogP contribution in [0.2, 0.25) is 5.02 Å². The number of aryl methyl sites for hydroxylation is 2. The van der Waals surface area contributed by atoms with Gasteiger partial charge in [-0.25, -0.2) is 9.97 Å². The van der Waals surface area contributed by atoms with Crippen LogP contribution in [0.4, 0.5) is 11.5 Å². The molecule has 0 unspecified atom stereocenters. The fourth-order valence-corrected chi connectivity index (χ4v) is 4.00. The second-order valence-electron chi connectivity index (χ2n) is 7.35. The topological polar surface area (TPSA) is 80.9 Å². The average molecular weight is 461 g/mol. The third-order valence-corrected chi connectivity index (χ3v) is 6.04. The van der Waals surface area contributed by atoms with Gasteiger partial charge in [0, 0.05) is 21.0 Å². The van der Waals surface area contributed by atoms with Crippen LogP contribution in [0, 0.1) is 13.8 Å². The number of aromatic nitrogens is 2. The van der Waals surface area contributed by atoms with E-state index in [0.717, 1.165) is 21.6 Å². The molecule has 0 aliphatic carbocycles. The summed E-state index contributed by atoms with van der Waals surface area (Å²) in [4.78, 5) is 23.0. The van der Waals surface area contributed by atoms with Gasteiger partial charge in [0.25, 0.3) is 5.91 Å². The quantitative estimate of drug-likeness (QED) is 0.337. The molecule has 1 heterocycles. The van der Waals surface area contributed by atoms with Crippen LogP contribution in [0.15, 0.2) is 82.7 Å². The number of nitrogens with one attached hydrogen (secondary N) is 1. The molecule has 4 aromatic rings. The van der Waals surface area contributed by atoms with Gasteiger partial charge in [-0.3, -0.25) is 4.79 Å². The first-order chi connectivity index (χ1) is 15.4. The maximum atomic E-state index is 12.9. The van der Waals surface area contributed by atoms with E-state index in [-0.39, 0.29) is 11.7 Å². The number of nitrogens with two attached hydrogens (primary N) is 1. The van der Waals surface area contributed by atoms with Crippen molar-refractivity contribution in [2.75, 3.05) is 11.1 Å². The second kappa shape index (κ2) is 9.42. The van der Waals surface area contributed by atoms with E-state index in [0.29, 0.717) is 27.1 Å². The normalized spacial score (nSPS) is 10.7. The van der Waals surface area contributed by atoms with E-state index in [1.54, 1.807) is 24.3 Å². The third kappa shape index (κ3) is 5.10. The van der Waals surface area contributed by atoms with Crippen LogP contribution in [0.25, 0.3) is 11.4 Å². The van der Waals surface area contributed by atoms with Gasteiger partial charge in [-0.2, -0.15) is 0 Å². The van der Waals surface area contributed by atoms with Gasteiger partial charge in [-0.1, -0.05) is 70.9 Å². The standard InChI is InChI=1S/C25H21ClN4OS/c1-15-3-7-17(8-4-15)23-29-22(27)21(28-24(31)18-9-5-16(2)6-10-18)25(30-23)32-20-13-11-19(26)12-14-20/h3-14H,1-2H3,(H,28,31)(H2,27,29,30). The molecular weight excluding hydrogens is 440 g/mol. The monoisotopic (exact) mass is 460 g/mol. The van der Waals surface area contributed by atoms with Crippen LogP contribution in [-0.4, -0.2) is 15.9 Å². The predicted octanol–water partition coefficient (Wildman–Crippen LogP) is 6.40. The molecule has 0 atom stereocenters. The number of halogens is 1. The Hall–Kier alpha value is -3.35. The summed E-state index contributed by atoms with van der Waals surface area (Å²) in [6.07, 6.45) is 0. The molecule has 3 N–H and O–H groups in total. The van der Waals surface area contributed by atoms with Crippen LogP contribution < -0.4 is 11.1 Å². The SMILES string of the molecule is Cc1ccc(C(=O)Nc2c(N)nc(-c3ccc(C)cc3)nc2Sc2ccc(Cl)cc2)cc1. The first kappa shape index (κ1) is 21.9. The van der Waals surface area contributed by atoms with E-state index in [1.165, 1.54) is 11.8 Å². The fourth-order valence-electron chi connectivity index (χ4n) is 2.98. The lowest BCUT2D eigenvalue weighted by Crippen LogP contribution is -2.15. The molecule has 5 nitrogen and oxygen atoms in total. The zero-order chi connectivity index (χ0) is 22.7. The smallest absolute Gasteiger partial charge is 0.255 e. The minimum absolute atomic E-state index is 0.201. The van der Waals surface area contributed by atoms with Gasteiger partial charge in [0.2, 0.25) is 0 Å². The molecule has 7 heteroatoms. The van der Waals surface area contributed by atoms with Crippen molar-refractivity contribution in [1.82, 2.24) is 9.97 Å². The number of benzene rings is 3. The lowest BCUT2D eigenvalue weighted by Gasteiger charge is -2.14. The van der Waals surface area contributed by atoms with Crippen molar-refractivity contribution in [2.45, 2.75) is 23.8 Å². The van der Waals surface area contributed by atoms with Gasteiger partial charge in [0.1, 0.15) is 10.7 Å². The Balaban J connectivity index is 1.74. The minimum Gasteiger partial charge on any atom is -0.382 e. The minimum atomic E-state index is -0.277. The summed E-state index contributed by atoms with van der Waals surface area (Å²) in [6, 6.07) is 22.6. The molecule has 32 heavy (non-hydrogen) atoms. The molecule has 0 fully saturated rings. The van der Waals surface area contributed by atoms with Crippen LogP contribution in [0.1, 0.15) is 21.5 Å². The third-order valence-electron chi connectivity index (χ3n) is 4.79. The number of hydrogen-bond donors (Lipinski definition) is 2. The molecule has 0 saturated heterocycles. The van der Waals surface area contributed by atoms with E-state index < -0.39 is 0 Å².